The van der Waals surface area contributed by atoms with Crippen LogP contribution in [-0.4, -0.2) is 330 Å². The van der Waals surface area contributed by atoms with Gasteiger partial charge in [0.25, 0.3) is 0 Å². The number of sulfonamides is 1. The second-order valence-electron chi connectivity index (χ2n) is 27.9. The van der Waals surface area contributed by atoms with Crippen LogP contribution in [0.25, 0.3) is 0 Å². The Morgan fingerprint density at radius 1 is 0.364 bits per heavy atom. The van der Waals surface area contributed by atoms with E-state index in [4.69, 9.17) is 80.5 Å². The van der Waals surface area contributed by atoms with E-state index in [1.807, 2.05) is 11.9 Å². The van der Waals surface area contributed by atoms with Crippen LogP contribution in [0.4, 0.5) is 0 Å². The van der Waals surface area contributed by atoms with Gasteiger partial charge in [0, 0.05) is 95.1 Å². The van der Waals surface area contributed by atoms with E-state index in [9.17, 15) is 18.0 Å². The average Bonchev–Trinajstić information content (AvgIpc) is 0.756. The van der Waals surface area contributed by atoms with Gasteiger partial charge in [-0.05, 0) is 114 Å². The molecular formula is C70H128N6O21S2. The standard InChI is InChI=1S/C70H128N6O21S2/c1-75-51-63(61-47-57-49-67(96-57)65(61)53-75)55-3-7-59(8-4-55)98-73-15-21-85-27-33-89-31-25-83-19-13-71-69(77)11-17-81-23-29-87-35-37-91-39-41-93-43-45-95-46-44-94-42-40-92-38-36-88-30-24-82-18-12-70(78)72-14-20-84-26-32-90-34-28-86-22-16-74-99(79,80)60-9-5-56(6-10-60)64-52-76(2)54-66-62(64)48-58-50-68(66)97-58/h55-68,73-74H,3-54H2,1-2H3,(H,71,77)(H,72,78). The molecule has 6 aliphatic heterocycles. The van der Waals surface area contributed by atoms with Gasteiger partial charge in [0.2, 0.25) is 21.8 Å². The van der Waals surface area contributed by atoms with Gasteiger partial charge in [0.05, 0.1) is 228 Å². The van der Waals surface area contributed by atoms with Gasteiger partial charge < -0.3 is 101 Å². The van der Waals surface area contributed by atoms with Gasteiger partial charge in [0.15, 0.2) is 0 Å². The highest BCUT2D eigenvalue weighted by atomic mass is 32.2. The highest BCUT2D eigenvalue weighted by molar-refractivity contribution is 7.98. The highest BCUT2D eigenvalue weighted by Gasteiger charge is 2.54. The molecule has 0 aromatic heterocycles. The Kier molecular flexibility index (Phi) is 42.0. The summed E-state index contributed by atoms with van der Waals surface area (Å²) in [5.41, 5.74) is 0. The second-order valence-corrected chi connectivity index (χ2v) is 31.1. The number of likely N-dealkylation sites (tertiary alicyclic amines) is 2. The minimum absolute atomic E-state index is 0.0818. The van der Waals surface area contributed by atoms with Crippen LogP contribution in [0.1, 0.15) is 89.9 Å². The van der Waals surface area contributed by atoms with E-state index in [0.29, 0.717) is 252 Å². The number of hydrogen-bond acceptors (Lipinski definition) is 25. The van der Waals surface area contributed by atoms with E-state index in [2.05, 4.69) is 44.0 Å². The van der Waals surface area contributed by atoms with E-state index in [0.717, 1.165) is 74.9 Å². The van der Waals surface area contributed by atoms with Gasteiger partial charge in [-0.1, -0.05) is 11.9 Å². The SMILES string of the molecule is CN1CC(C2CCC(SNCCOCCOCCOCCNC(=O)CCOCCOCCOCCOCCOCCOCCOCCOCCOCCC(=O)NCCOCCOCCOCCNS(=O)(=O)C3CCC(C4CN(C)CC5C6CC(CC45)O6)CC3)CC2)C2CC3CC(O3)C2C1. The molecule has 0 spiro atoms. The molecule has 0 aromatic rings. The lowest BCUT2D eigenvalue weighted by Gasteiger charge is -2.58. The molecule has 10 atom stereocenters. The fraction of sp³-hybridized carbons (Fsp3) is 0.971. The molecule has 6 heterocycles. The van der Waals surface area contributed by atoms with Crippen LogP contribution >= 0.6 is 11.9 Å². The minimum atomic E-state index is -3.38. The predicted octanol–water partition coefficient (Wildman–Crippen LogP) is 3.23. The average molecular weight is 1450 g/mol. The van der Waals surface area contributed by atoms with Crippen LogP contribution < -0.4 is 20.1 Å². The first-order valence-corrected chi connectivity index (χ1v) is 40.3. The van der Waals surface area contributed by atoms with Gasteiger partial charge in [-0.3, -0.25) is 14.3 Å². The fourth-order valence-corrected chi connectivity index (χ4v) is 18.2. The number of rotatable bonds is 60. The zero-order valence-corrected chi connectivity index (χ0v) is 61.8. The molecule has 29 heteroatoms. The zero-order valence-electron chi connectivity index (χ0n) is 60.1. The molecule has 10 fully saturated rings. The zero-order chi connectivity index (χ0) is 69.2. The number of piperidine rings is 2. The van der Waals surface area contributed by atoms with Crippen molar-refractivity contribution >= 4 is 33.8 Å². The Labute approximate surface area is 596 Å². The van der Waals surface area contributed by atoms with Gasteiger partial charge in [-0.25, -0.2) is 13.1 Å². The normalized spacial score (nSPS) is 28.4. The third-order valence-corrected chi connectivity index (χ3v) is 24.0. The number of nitrogens with zero attached hydrogens (tertiary/aromatic N) is 2. The van der Waals surface area contributed by atoms with Crippen molar-refractivity contribution in [1.29, 1.82) is 0 Å². The summed E-state index contributed by atoms with van der Waals surface area (Å²) >= 11 is 1.91. The summed E-state index contributed by atoms with van der Waals surface area (Å²) in [4.78, 5) is 29.3. The van der Waals surface area contributed by atoms with Crippen LogP contribution in [0, 0.1) is 47.3 Å². The summed E-state index contributed by atoms with van der Waals surface area (Å²) in [5, 5.41) is 6.03. The van der Waals surface area contributed by atoms with Crippen molar-refractivity contribution in [2.75, 3.05) is 265 Å². The largest absolute Gasteiger partial charge is 0.379 e. The van der Waals surface area contributed by atoms with Crippen molar-refractivity contribution in [1.82, 2.24) is 29.9 Å². The van der Waals surface area contributed by atoms with Gasteiger partial charge in [0.1, 0.15) is 0 Å². The summed E-state index contributed by atoms with van der Waals surface area (Å²) in [6.45, 7) is 19.6. The van der Waals surface area contributed by atoms with Crippen LogP contribution in [0.5, 0.6) is 0 Å². The summed E-state index contributed by atoms with van der Waals surface area (Å²) < 4.78 is 128. The molecule has 2 amide bonds. The van der Waals surface area contributed by atoms with Gasteiger partial charge in [-0.2, -0.15) is 0 Å². The number of carbonyl (C=O) groups is 2. The van der Waals surface area contributed by atoms with Crippen molar-refractivity contribution in [2.45, 2.75) is 125 Å². The Bertz CT molecular complexity index is 2210. The lowest BCUT2D eigenvalue weighted by Crippen LogP contribution is -2.61. The highest BCUT2D eigenvalue weighted by Crippen LogP contribution is 2.53. The molecular weight excluding hydrogens is 1320 g/mol. The van der Waals surface area contributed by atoms with Crippen LogP contribution in [0.3, 0.4) is 0 Å². The first kappa shape index (κ1) is 83.0. The Morgan fingerprint density at radius 2 is 0.657 bits per heavy atom. The Hall–Kier alpha value is -1.60. The summed E-state index contributed by atoms with van der Waals surface area (Å²) in [5.74, 6) is 5.82. The third-order valence-electron chi connectivity index (χ3n) is 20.8. The van der Waals surface area contributed by atoms with E-state index < -0.39 is 10.0 Å². The Balaban J connectivity index is 0.443. The maximum atomic E-state index is 13.1. The fourth-order valence-electron chi connectivity index (χ4n) is 15.8. The van der Waals surface area contributed by atoms with Gasteiger partial charge in [-0.15, -0.1) is 0 Å². The van der Waals surface area contributed by atoms with Crippen molar-refractivity contribution in [2.24, 2.45) is 47.3 Å². The molecule has 4 bridgehead atoms. The smallest absolute Gasteiger partial charge is 0.222 e. The third kappa shape index (κ3) is 32.6. The van der Waals surface area contributed by atoms with Crippen LogP contribution in [-0.2, 0) is 100 Å². The topological polar surface area (TPSA) is 280 Å². The van der Waals surface area contributed by atoms with Crippen LogP contribution in [0.2, 0.25) is 0 Å². The van der Waals surface area contributed by atoms with Crippen LogP contribution in [0.15, 0.2) is 0 Å². The van der Waals surface area contributed by atoms with Crippen molar-refractivity contribution in [3.05, 3.63) is 0 Å². The number of amides is 2. The van der Waals surface area contributed by atoms with E-state index in [-0.39, 0.29) is 43.1 Å². The quantitative estimate of drug-likeness (QED) is 0.0502. The first-order valence-electron chi connectivity index (χ1n) is 37.8. The number of carbonyl (C=O) groups excluding carboxylic acids is 2. The maximum absolute atomic E-state index is 13.1. The number of ether oxygens (including phenoxy) is 17. The van der Waals surface area contributed by atoms with Crippen molar-refractivity contribution < 1.29 is 98.5 Å². The molecule has 0 radical (unpaired) electrons. The molecule has 4 saturated carbocycles. The number of nitrogens with one attached hydrogen (secondary N) is 4. The minimum Gasteiger partial charge on any atom is -0.379 e. The molecule has 4 N–H and O–H groups in total. The monoisotopic (exact) mass is 1450 g/mol. The summed E-state index contributed by atoms with van der Waals surface area (Å²) in [6.07, 6.45) is 16.3. The predicted molar refractivity (Wildman–Crippen MR) is 373 cm³/mol. The Morgan fingerprint density at radius 3 is 1.01 bits per heavy atom. The van der Waals surface area contributed by atoms with Gasteiger partial charge >= 0.3 is 0 Å². The molecule has 99 heavy (non-hydrogen) atoms. The van der Waals surface area contributed by atoms with Crippen molar-refractivity contribution in [3.8, 4) is 0 Å². The first-order chi connectivity index (χ1) is 48.6. The number of hydrogen-bond donors (Lipinski definition) is 4. The lowest BCUT2D eigenvalue weighted by molar-refractivity contribution is -0.230. The van der Waals surface area contributed by atoms with Crippen molar-refractivity contribution in [3.63, 3.8) is 0 Å². The molecule has 27 nitrogen and oxygen atoms in total. The second kappa shape index (κ2) is 50.0. The van der Waals surface area contributed by atoms with E-state index >= 15 is 0 Å². The van der Waals surface area contributed by atoms with E-state index in [1.54, 1.807) is 0 Å². The molecule has 6 saturated heterocycles. The molecule has 10 aliphatic rings. The molecule has 10 unspecified atom stereocenters. The molecule has 576 valence electrons. The molecule has 4 aliphatic carbocycles. The molecule has 10 rings (SSSR count). The summed E-state index contributed by atoms with van der Waals surface area (Å²) in [7, 11) is 1.16. The summed E-state index contributed by atoms with van der Waals surface area (Å²) in [6, 6.07) is 0. The molecule has 0 aromatic carbocycles. The maximum Gasteiger partial charge on any atom is 0.222 e. The van der Waals surface area contributed by atoms with E-state index in [1.165, 1.54) is 64.5 Å². The lowest BCUT2D eigenvalue weighted by atomic mass is 9.60.